The largest absolute Gasteiger partial charge is 0.382 e. The summed E-state index contributed by atoms with van der Waals surface area (Å²) in [5.41, 5.74) is 11.6. The molecule has 4 nitrogen and oxygen atoms in total. The minimum Gasteiger partial charge on any atom is -0.382 e. The predicted octanol–water partition coefficient (Wildman–Crippen LogP) is 4.70. The number of hydrogen-bond acceptors (Lipinski definition) is 5. The molecular weight excluding hydrogens is 306 g/mol. The smallest absolute Gasteiger partial charge is 0.206 e. The molecule has 0 aliphatic rings. The van der Waals surface area contributed by atoms with Crippen LogP contribution >= 0.6 is 11.3 Å². The molecule has 1 heterocycles. The summed E-state index contributed by atoms with van der Waals surface area (Å²) in [4.78, 5) is 16.1. The van der Waals surface area contributed by atoms with Gasteiger partial charge < -0.3 is 11.5 Å². The third-order valence-electron chi connectivity index (χ3n) is 2.49. The van der Waals surface area contributed by atoms with Gasteiger partial charge in [0.15, 0.2) is 5.13 Å². The van der Waals surface area contributed by atoms with Crippen molar-refractivity contribution in [3.05, 3.63) is 66.1 Å². The summed E-state index contributed by atoms with van der Waals surface area (Å²) >= 11 is 1.11. The van der Waals surface area contributed by atoms with Gasteiger partial charge in [0, 0.05) is 5.56 Å². The van der Waals surface area contributed by atoms with Crippen LogP contribution in [0, 0.1) is 0 Å². The number of allylic oxidation sites excluding steroid dienone is 2. The van der Waals surface area contributed by atoms with Gasteiger partial charge in [0.25, 0.3) is 0 Å². The molecule has 0 bridgehead atoms. The van der Waals surface area contributed by atoms with Crippen LogP contribution in [0.4, 0.5) is 10.9 Å². The van der Waals surface area contributed by atoms with Gasteiger partial charge in [-0.1, -0.05) is 67.7 Å². The van der Waals surface area contributed by atoms with E-state index in [1.807, 2.05) is 18.2 Å². The predicted molar refractivity (Wildman–Crippen MR) is 102 cm³/mol. The first-order chi connectivity index (χ1) is 11.0. The molecule has 1 aromatic carbocycles. The molecule has 0 radical (unpaired) electrons. The fourth-order valence-corrected chi connectivity index (χ4v) is 1.95. The molecule has 0 aliphatic heterocycles. The zero-order valence-corrected chi connectivity index (χ0v) is 14.6. The van der Waals surface area contributed by atoms with E-state index >= 15 is 0 Å². The van der Waals surface area contributed by atoms with Crippen molar-refractivity contribution in [3.63, 3.8) is 0 Å². The molecular formula is C18H25N3OS. The van der Waals surface area contributed by atoms with Gasteiger partial charge in [-0.2, -0.15) is 0 Å². The normalized spacial score (nSPS) is 8.78. The Hall–Kier alpha value is -2.40. The number of nitrogen functional groups attached to an aromatic ring is 2. The molecule has 0 saturated carbocycles. The SMILES string of the molecule is C=CCC.C=CCC.Nc1nc(N)c(C(=O)c2ccccc2)s1. The molecule has 0 atom stereocenters. The molecule has 23 heavy (non-hydrogen) atoms. The second-order valence-electron chi connectivity index (χ2n) is 4.36. The molecule has 2 rings (SSSR count). The molecule has 0 saturated heterocycles. The van der Waals surface area contributed by atoms with Gasteiger partial charge in [0.1, 0.15) is 10.7 Å². The molecule has 2 aromatic rings. The van der Waals surface area contributed by atoms with Crippen LogP contribution in [-0.4, -0.2) is 10.8 Å². The number of carbonyl (C=O) groups is 1. The maximum absolute atomic E-state index is 11.9. The lowest BCUT2D eigenvalue weighted by atomic mass is 10.1. The number of aromatic nitrogens is 1. The average Bonchev–Trinajstić information content (AvgIpc) is 2.93. The van der Waals surface area contributed by atoms with Gasteiger partial charge in [0.2, 0.25) is 5.78 Å². The van der Waals surface area contributed by atoms with E-state index in [0.29, 0.717) is 15.6 Å². The third-order valence-corrected chi connectivity index (χ3v) is 3.39. The first kappa shape index (κ1) is 20.6. The topological polar surface area (TPSA) is 82.0 Å². The fourth-order valence-electron chi connectivity index (χ4n) is 1.23. The van der Waals surface area contributed by atoms with E-state index < -0.39 is 0 Å². The summed E-state index contributed by atoms with van der Waals surface area (Å²) in [6.45, 7) is 11.1. The highest BCUT2D eigenvalue weighted by Crippen LogP contribution is 2.24. The van der Waals surface area contributed by atoms with Crippen LogP contribution in [0.3, 0.4) is 0 Å². The lowest BCUT2D eigenvalue weighted by Crippen LogP contribution is -2.02. The highest BCUT2D eigenvalue weighted by atomic mass is 32.1. The maximum atomic E-state index is 11.9. The van der Waals surface area contributed by atoms with Crippen LogP contribution in [0.2, 0.25) is 0 Å². The number of carbonyl (C=O) groups excluding carboxylic acids is 1. The minimum absolute atomic E-state index is 0.137. The quantitative estimate of drug-likeness (QED) is 0.628. The molecule has 1 aromatic heterocycles. The number of hydrogen-bond donors (Lipinski definition) is 2. The Labute approximate surface area is 142 Å². The minimum atomic E-state index is -0.137. The van der Waals surface area contributed by atoms with Crippen molar-refractivity contribution in [2.75, 3.05) is 11.5 Å². The summed E-state index contributed by atoms with van der Waals surface area (Å²) in [5, 5.41) is 0.312. The lowest BCUT2D eigenvalue weighted by Gasteiger charge is -1.97. The maximum Gasteiger partial charge on any atom is 0.206 e. The average molecular weight is 331 g/mol. The second kappa shape index (κ2) is 12.2. The highest BCUT2D eigenvalue weighted by molar-refractivity contribution is 7.18. The standard InChI is InChI=1S/C10H9N3OS.2C4H8/c11-9-8(15-10(12)13-9)7(14)6-4-2-1-3-5-6;2*1-3-4-2/h1-5H,11H2,(H2,12,13);2*3H,1,4H2,2H3. The van der Waals surface area contributed by atoms with E-state index in [4.69, 9.17) is 11.5 Å². The summed E-state index contributed by atoms with van der Waals surface area (Å²) in [6.07, 6.45) is 5.92. The zero-order chi connectivity index (χ0) is 17.7. The number of nitrogens with zero attached hydrogens (tertiary/aromatic N) is 1. The van der Waals surface area contributed by atoms with Crippen LogP contribution in [0.15, 0.2) is 55.6 Å². The van der Waals surface area contributed by atoms with E-state index in [1.165, 1.54) is 0 Å². The van der Waals surface area contributed by atoms with Gasteiger partial charge in [0.05, 0.1) is 0 Å². The number of rotatable bonds is 4. The van der Waals surface area contributed by atoms with E-state index in [0.717, 1.165) is 24.2 Å². The number of nitrogens with two attached hydrogens (primary N) is 2. The van der Waals surface area contributed by atoms with Crippen molar-refractivity contribution < 1.29 is 4.79 Å². The number of anilines is 2. The molecule has 0 aliphatic carbocycles. The Kier molecular flexibility index (Phi) is 10.9. The second-order valence-corrected chi connectivity index (χ2v) is 5.39. The summed E-state index contributed by atoms with van der Waals surface area (Å²) in [6, 6.07) is 8.91. The molecule has 0 amide bonds. The fraction of sp³-hybridized carbons (Fsp3) is 0.222. The van der Waals surface area contributed by atoms with Crippen molar-refractivity contribution in [3.8, 4) is 0 Å². The van der Waals surface area contributed by atoms with Crippen molar-refractivity contribution in [1.29, 1.82) is 0 Å². The van der Waals surface area contributed by atoms with Crippen LogP contribution in [0.5, 0.6) is 0 Å². The first-order valence-electron chi connectivity index (χ1n) is 7.34. The third kappa shape index (κ3) is 7.97. The number of thiazole rings is 1. The monoisotopic (exact) mass is 331 g/mol. The highest BCUT2D eigenvalue weighted by Gasteiger charge is 2.16. The molecule has 0 spiro atoms. The molecule has 5 heteroatoms. The Balaban J connectivity index is 0.000000509. The Morgan fingerprint density at radius 1 is 1.13 bits per heavy atom. The Morgan fingerprint density at radius 3 is 1.96 bits per heavy atom. The van der Waals surface area contributed by atoms with Gasteiger partial charge in [-0.3, -0.25) is 4.79 Å². The Morgan fingerprint density at radius 2 is 1.61 bits per heavy atom. The molecule has 0 unspecified atom stereocenters. The van der Waals surface area contributed by atoms with Crippen molar-refractivity contribution in [1.82, 2.24) is 4.98 Å². The van der Waals surface area contributed by atoms with Crippen molar-refractivity contribution in [2.45, 2.75) is 26.7 Å². The van der Waals surface area contributed by atoms with Crippen molar-refractivity contribution in [2.24, 2.45) is 0 Å². The van der Waals surface area contributed by atoms with E-state index in [-0.39, 0.29) is 11.6 Å². The van der Waals surface area contributed by atoms with E-state index in [2.05, 4.69) is 32.0 Å². The molecule has 124 valence electrons. The first-order valence-corrected chi connectivity index (χ1v) is 8.16. The summed E-state index contributed by atoms with van der Waals surface area (Å²) in [7, 11) is 0. The van der Waals surface area contributed by atoms with Gasteiger partial charge >= 0.3 is 0 Å². The van der Waals surface area contributed by atoms with Gasteiger partial charge in [-0.05, 0) is 12.8 Å². The van der Waals surface area contributed by atoms with Crippen LogP contribution in [0.1, 0.15) is 41.9 Å². The van der Waals surface area contributed by atoms with Crippen LogP contribution in [0.25, 0.3) is 0 Å². The zero-order valence-electron chi connectivity index (χ0n) is 13.8. The van der Waals surface area contributed by atoms with Crippen LogP contribution in [-0.2, 0) is 0 Å². The van der Waals surface area contributed by atoms with Gasteiger partial charge in [-0.25, -0.2) is 4.98 Å². The summed E-state index contributed by atoms with van der Waals surface area (Å²) < 4.78 is 0. The van der Waals surface area contributed by atoms with E-state index in [9.17, 15) is 4.79 Å². The molecule has 4 N–H and O–H groups in total. The number of ketones is 1. The van der Waals surface area contributed by atoms with E-state index in [1.54, 1.807) is 24.3 Å². The lowest BCUT2D eigenvalue weighted by molar-refractivity contribution is 0.104. The summed E-state index contributed by atoms with van der Waals surface area (Å²) in [5.74, 6) is 0.0636. The number of benzene rings is 1. The molecule has 0 fully saturated rings. The Bertz CT molecular complexity index is 598. The van der Waals surface area contributed by atoms with Gasteiger partial charge in [-0.15, -0.1) is 13.2 Å². The van der Waals surface area contributed by atoms with Crippen molar-refractivity contribution >= 4 is 28.1 Å². The van der Waals surface area contributed by atoms with Crippen LogP contribution < -0.4 is 11.5 Å².